The van der Waals surface area contributed by atoms with E-state index in [1.807, 2.05) is 0 Å². The van der Waals surface area contributed by atoms with Crippen molar-refractivity contribution in [3.63, 3.8) is 0 Å². The van der Waals surface area contributed by atoms with Gasteiger partial charge in [-0.25, -0.2) is 0 Å². The SMILES string of the molecule is CCC(CC(=O)Nc1ccccc1C(=O)NCCN)C(C)C. The Balaban J connectivity index is 2.76. The number of amides is 2. The maximum Gasteiger partial charge on any atom is 0.253 e. The Hall–Kier alpha value is -1.88. The number of rotatable bonds is 8. The van der Waals surface area contributed by atoms with E-state index in [1.165, 1.54) is 0 Å². The smallest absolute Gasteiger partial charge is 0.253 e. The molecular formula is C17H27N3O2. The van der Waals surface area contributed by atoms with Crippen LogP contribution in [0.25, 0.3) is 0 Å². The average molecular weight is 305 g/mol. The van der Waals surface area contributed by atoms with Gasteiger partial charge in [0, 0.05) is 19.5 Å². The minimum Gasteiger partial charge on any atom is -0.351 e. The van der Waals surface area contributed by atoms with Crippen molar-refractivity contribution in [2.45, 2.75) is 33.6 Å². The number of hydrogen-bond donors (Lipinski definition) is 3. The summed E-state index contributed by atoms with van der Waals surface area (Å²) in [5.41, 5.74) is 6.39. The van der Waals surface area contributed by atoms with E-state index in [9.17, 15) is 9.59 Å². The molecule has 1 aromatic carbocycles. The lowest BCUT2D eigenvalue weighted by Gasteiger charge is -2.19. The molecule has 0 aliphatic rings. The molecular weight excluding hydrogens is 278 g/mol. The van der Waals surface area contributed by atoms with Crippen LogP contribution in [0, 0.1) is 11.8 Å². The first-order valence-corrected chi connectivity index (χ1v) is 7.86. The fraction of sp³-hybridized carbons (Fsp3) is 0.529. The molecule has 0 heterocycles. The van der Waals surface area contributed by atoms with Crippen LogP contribution in [0.15, 0.2) is 24.3 Å². The van der Waals surface area contributed by atoms with Crippen molar-refractivity contribution in [2.24, 2.45) is 17.6 Å². The van der Waals surface area contributed by atoms with Gasteiger partial charge in [0.15, 0.2) is 0 Å². The first-order valence-electron chi connectivity index (χ1n) is 7.86. The lowest BCUT2D eigenvalue weighted by Crippen LogP contribution is -2.30. The van der Waals surface area contributed by atoms with E-state index in [2.05, 4.69) is 31.4 Å². The quantitative estimate of drug-likeness (QED) is 0.689. The minimum atomic E-state index is -0.225. The van der Waals surface area contributed by atoms with Crippen LogP contribution < -0.4 is 16.4 Å². The third-order valence-electron chi connectivity index (χ3n) is 3.79. The highest BCUT2D eigenvalue weighted by Gasteiger charge is 2.17. The van der Waals surface area contributed by atoms with Gasteiger partial charge in [0.1, 0.15) is 0 Å². The second-order valence-corrected chi connectivity index (χ2v) is 5.75. The number of hydrogen-bond acceptors (Lipinski definition) is 3. The van der Waals surface area contributed by atoms with Gasteiger partial charge in [-0.05, 0) is 24.0 Å². The van der Waals surface area contributed by atoms with Gasteiger partial charge in [-0.15, -0.1) is 0 Å². The highest BCUT2D eigenvalue weighted by atomic mass is 16.2. The van der Waals surface area contributed by atoms with Gasteiger partial charge in [0.05, 0.1) is 11.3 Å². The molecule has 0 saturated heterocycles. The summed E-state index contributed by atoms with van der Waals surface area (Å²) in [7, 11) is 0. The van der Waals surface area contributed by atoms with Crippen LogP contribution in [0.2, 0.25) is 0 Å². The van der Waals surface area contributed by atoms with Gasteiger partial charge in [0.2, 0.25) is 5.91 Å². The Kier molecular flexibility index (Phi) is 7.60. The zero-order valence-corrected chi connectivity index (χ0v) is 13.7. The zero-order chi connectivity index (χ0) is 16.5. The van der Waals surface area contributed by atoms with E-state index in [0.29, 0.717) is 42.6 Å². The van der Waals surface area contributed by atoms with Crippen molar-refractivity contribution in [3.8, 4) is 0 Å². The molecule has 0 aliphatic carbocycles. The van der Waals surface area contributed by atoms with Crippen molar-refractivity contribution in [1.82, 2.24) is 5.32 Å². The maximum atomic E-state index is 12.2. The third-order valence-corrected chi connectivity index (χ3v) is 3.79. The Morgan fingerprint density at radius 2 is 1.91 bits per heavy atom. The number of carbonyl (C=O) groups excluding carboxylic acids is 2. The summed E-state index contributed by atoms with van der Waals surface area (Å²) in [5, 5.41) is 5.57. The minimum absolute atomic E-state index is 0.0559. The predicted octanol–water partition coefficient (Wildman–Crippen LogP) is 2.39. The molecule has 5 heteroatoms. The van der Waals surface area contributed by atoms with E-state index in [1.54, 1.807) is 24.3 Å². The molecule has 4 N–H and O–H groups in total. The number of carbonyl (C=O) groups is 2. The Labute approximate surface area is 132 Å². The molecule has 0 spiro atoms. The summed E-state index contributed by atoms with van der Waals surface area (Å²) in [4.78, 5) is 24.3. The average Bonchev–Trinajstić information content (AvgIpc) is 2.50. The van der Waals surface area contributed by atoms with E-state index in [-0.39, 0.29) is 11.8 Å². The standard InChI is InChI=1S/C17H27N3O2/c1-4-13(12(2)3)11-16(21)20-15-8-6-5-7-14(15)17(22)19-10-9-18/h5-8,12-13H,4,9-11,18H2,1-3H3,(H,19,22)(H,20,21). The van der Waals surface area contributed by atoms with Gasteiger partial charge >= 0.3 is 0 Å². The normalized spacial score (nSPS) is 12.0. The van der Waals surface area contributed by atoms with Crippen LogP contribution >= 0.6 is 0 Å². The van der Waals surface area contributed by atoms with E-state index >= 15 is 0 Å². The van der Waals surface area contributed by atoms with Crippen LogP contribution in [0.1, 0.15) is 44.0 Å². The number of para-hydroxylation sites is 1. The topological polar surface area (TPSA) is 84.2 Å². The molecule has 0 fully saturated rings. The van der Waals surface area contributed by atoms with Gasteiger partial charge in [-0.3, -0.25) is 9.59 Å². The van der Waals surface area contributed by atoms with Crippen LogP contribution in [0.3, 0.4) is 0 Å². The van der Waals surface area contributed by atoms with Crippen molar-refractivity contribution < 1.29 is 9.59 Å². The Morgan fingerprint density at radius 1 is 1.23 bits per heavy atom. The molecule has 0 saturated carbocycles. The van der Waals surface area contributed by atoms with E-state index < -0.39 is 0 Å². The summed E-state index contributed by atoms with van der Waals surface area (Å²) < 4.78 is 0. The zero-order valence-electron chi connectivity index (χ0n) is 13.7. The molecule has 0 aliphatic heterocycles. The molecule has 22 heavy (non-hydrogen) atoms. The van der Waals surface area contributed by atoms with Gasteiger partial charge < -0.3 is 16.4 Å². The molecule has 0 radical (unpaired) electrons. The number of nitrogens with one attached hydrogen (secondary N) is 2. The van der Waals surface area contributed by atoms with Gasteiger partial charge in [-0.1, -0.05) is 39.3 Å². The molecule has 122 valence electrons. The number of anilines is 1. The molecule has 1 aromatic rings. The van der Waals surface area contributed by atoms with Gasteiger partial charge in [-0.2, -0.15) is 0 Å². The van der Waals surface area contributed by atoms with Crippen LogP contribution in [-0.4, -0.2) is 24.9 Å². The predicted molar refractivity (Wildman–Crippen MR) is 89.7 cm³/mol. The summed E-state index contributed by atoms with van der Waals surface area (Å²) in [6, 6.07) is 7.01. The first-order chi connectivity index (χ1) is 10.5. The number of benzene rings is 1. The fourth-order valence-corrected chi connectivity index (χ4v) is 2.36. The first kappa shape index (κ1) is 18.2. The van der Waals surface area contributed by atoms with Crippen molar-refractivity contribution in [2.75, 3.05) is 18.4 Å². The summed E-state index contributed by atoms with van der Waals surface area (Å²) >= 11 is 0. The molecule has 0 aromatic heterocycles. The highest BCUT2D eigenvalue weighted by molar-refractivity contribution is 6.03. The fourth-order valence-electron chi connectivity index (χ4n) is 2.36. The second kappa shape index (κ2) is 9.20. The Bertz CT molecular complexity index is 500. The van der Waals surface area contributed by atoms with Crippen molar-refractivity contribution in [1.29, 1.82) is 0 Å². The third kappa shape index (κ3) is 5.48. The van der Waals surface area contributed by atoms with Crippen molar-refractivity contribution in [3.05, 3.63) is 29.8 Å². The molecule has 1 atom stereocenters. The van der Waals surface area contributed by atoms with Crippen LogP contribution in [-0.2, 0) is 4.79 Å². The van der Waals surface area contributed by atoms with Crippen LogP contribution in [0.5, 0.6) is 0 Å². The Morgan fingerprint density at radius 3 is 2.50 bits per heavy atom. The lowest BCUT2D eigenvalue weighted by molar-refractivity contribution is -0.117. The van der Waals surface area contributed by atoms with E-state index in [0.717, 1.165) is 6.42 Å². The molecule has 0 bridgehead atoms. The molecule has 5 nitrogen and oxygen atoms in total. The lowest BCUT2D eigenvalue weighted by atomic mass is 9.90. The summed E-state index contributed by atoms with van der Waals surface area (Å²) in [6.07, 6.45) is 1.43. The summed E-state index contributed by atoms with van der Waals surface area (Å²) in [5.74, 6) is 0.522. The van der Waals surface area contributed by atoms with Gasteiger partial charge in [0.25, 0.3) is 5.91 Å². The molecule has 2 amide bonds. The van der Waals surface area contributed by atoms with E-state index in [4.69, 9.17) is 5.73 Å². The largest absolute Gasteiger partial charge is 0.351 e. The maximum absolute atomic E-state index is 12.2. The summed E-state index contributed by atoms with van der Waals surface area (Å²) in [6.45, 7) is 7.12. The molecule has 1 unspecified atom stereocenters. The van der Waals surface area contributed by atoms with Crippen molar-refractivity contribution >= 4 is 17.5 Å². The number of nitrogens with two attached hydrogens (primary N) is 1. The second-order valence-electron chi connectivity index (χ2n) is 5.75. The van der Waals surface area contributed by atoms with Crippen LogP contribution in [0.4, 0.5) is 5.69 Å². The monoisotopic (exact) mass is 305 g/mol. The highest BCUT2D eigenvalue weighted by Crippen LogP contribution is 2.21. The molecule has 1 rings (SSSR count).